The molecule has 2 rings (SSSR count). The molecule has 2 bridgehead atoms. The third-order valence-corrected chi connectivity index (χ3v) is 3.53. The minimum Gasteiger partial charge on any atom is -0.351 e. The van der Waals surface area contributed by atoms with Gasteiger partial charge in [0.15, 0.2) is 0 Å². The van der Waals surface area contributed by atoms with Crippen molar-refractivity contribution in [2.75, 3.05) is 19.6 Å². The molecule has 2 aliphatic heterocycles. The molecule has 0 radical (unpaired) electrons. The van der Waals surface area contributed by atoms with E-state index in [1.807, 2.05) is 0 Å². The van der Waals surface area contributed by atoms with E-state index in [9.17, 15) is 9.59 Å². The van der Waals surface area contributed by atoms with Crippen LogP contribution in [-0.4, -0.2) is 48.6 Å². The summed E-state index contributed by atoms with van der Waals surface area (Å²) in [6.07, 6.45) is 3.99. The van der Waals surface area contributed by atoms with Crippen LogP contribution in [-0.2, 0) is 4.79 Å². The van der Waals surface area contributed by atoms with Crippen LogP contribution in [0.5, 0.6) is 0 Å². The Morgan fingerprint density at radius 1 is 1.29 bits per heavy atom. The topological polar surface area (TPSA) is 87.5 Å². The molecule has 0 aromatic heterocycles. The van der Waals surface area contributed by atoms with Crippen molar-refractivity contribution in [1.82, 2.24) is 15.5 Å². The van der Waals surface area contributed by atoms with Crippen molar-refractivity contribution in [1.29, 1.82) is 0 Å². The second kappa shape index (κ2) is 5.46. The molecule has 0 aromatic rings. The Labute approximate surface area is 101 Å². The van der Waals surface area contributed by atoms with E-state index in [0.717, 1.165) is 19.5 Å². The molecule has 0 saturated carbocycles. The lowest BCUT2D eigenvalue weighted by Crippen LogP contribution is -2.39. The summed E-state index contributed by atoms with van der Waals surface area (Å²) in [5.41, 5.74) is 4.88. The first-order chi connectivity index (χ1) is 8.13. The number of carbonyl (C=O) groups excluding carboxylic acids is 2. The van der Waals surface area contributed by atoms with Gasteiger partial charge >= 0.3 is 6.03 Å². The predicted molar refractivity (Wildman–Crippen MR) is 63.3 cm³/mol. The molecule has 0 aromatic carbocycles. The zero-order valence-corrected chi connectivity index (χ0v) is 9.95. The zero-order valence-electron chi connectivity index (χ0n) is 9.95. The molecule has 2 atom stereocenters. The lowest BCUT2D eigenvalue weighted by atomic mass is 10.1. The summed E-state index contributed by atoms with van der Waals surface area (Å²) in [7, 11) is 0. The smallest absolute Gasteiger partial charge is 0.318 e. The number of primary amides is 1. The maximum atomic E-state index is 11.3. The number of nitrogens with zero attached hydrogens (tertiary/aromatic N) is 1. The molecular formula is C11H20N4O2. The first-order valence-electron chi connectivity index (χ1n) is 6.21. The maximum absolute atomic E-state index is 11.3. The Morgan fingerprint density at radius 3 is 2.82 bits per heavy atom. The van der Waals surface area contributed by atoms with Gasteiger partial charge in [0.25, 0.3) is 0 Å². The van der Waals surface area contributed by atoms with Gasteiger partial charge in [-0.2, -0.15) is 0 Å². The highest BCUT2D eigenvalue weighted by molar-refractivity contribution is 5.93. The maximum Gasteiger partial charge on any atom is 0.318 e. The third kappa shape index (κ3) is 3.67. The van der Waals surface area contributed by atoms with Crippen molar-refractivity contribution in [3.63, 3.8) is 0 Å². The molecule has 4 N–H and O–H groups in total. The number of carbonyl (C=O) groups is 2. The molecule has 2 heterocycles. The summed E-state index contributed by atoms with van der Waals surface area (Å²) >= 11 is 0. The number of nitrogens with one attached hydrogen (secondary N) is 2. The SMILES string of the molecule is NC(=O)NC(=O)CCN1CCC2CCC(C1)N2. The Kier molecular flexibility index (Phi) is 3.96. The number of likely N-dealkylation sites (tertiary alicyclic amines) is 1. The highest BCUT2D eigenvalue weighted by Crippen LogP contribution is 2.20. The molecule has 0 spiro atoms. The Hall–Kier alpha value is -1.14. The normalized spacial score (nSPS) is 28.7. The van der Waals surface area contributed by atoms with Gasteiger partial charge in [0.2, 0.25) is 5.91 Å². The molecule has 6 nitrogen and oxygen atoms in total. The average molecular weight is 240 g/mol. The molecule has 96 valence electrons. The zero-order chi connectivity index (χ0) is 12.3. The summed E-state index contributed by atoms with van der Waals surface area (Å²) in [5.74, 6) is -0.292. The fourth-order valence-electron chi connectivity index (χ4n) is 2.68. The van der Waals surface area contributed by atoms with Gasteiger partial charge in [0, 0.05) is 31.6 Å². The standard InChI is InChI=1S/C11H20N4O2/c12-11(17)14-10(16)4-6-15-5-3-8-1-2-9(7-15)13-8/h8-9,13H,1-7H2,(H3,12,14,16,17). The van der Waals surface area contributed by atoms with Gasteiger partial charge in [-0.1, -0.05) is 0 Å². The van der Waals surface area contributed by atoms with Crippen LogP contribution in [0.3, 0.4) is 0 Å². The first-order valence-corrected chi connectivity index (χ1v) is 6.21. The molecule has 6 heteroatoms. The van der Waals surface area contributed by atoms with Crippen LogP contribution < -0.4 is 16.4 Å². The number of rotatable bonds is 3. The van der Waals surface area contributed by atoms with Crippen molar-refractivity contribution in [3.8, 4) is 0 Å². The van der Waals surface area contributed by atoms with E-state index in [-0.39, 0.29) is 5.91 Å². The third-order valence-electron chi connectivity index (χ3n) is 3.53. The number of imide groups is 1. The summed E-state index contributed by atoms with van der Waals surface area (Å²) in [5, 5.41) is 5.68. The number of urea groups is 1. The van der Waals surface area contributed by atoms with Gasteiger partial charge in [-0.05, 0) is 25.8 Å². The summed E-state index contributed by atoms with van der Waals surface area (Å²) < 4.78 is 0. The second-order valence-electron chi connectivity index (χ2n) is 4.89. The molecule has 3 amide bonds. The van der Waals surface area contributed by atoms with Crippen molar-refractivity contribution >= 4 is 11.9 Å². The van der Waals surface area contributed by atoms with Crippen LogP contribution in [0.25, 0.3) is 0 Å². The number of hydrogen-bond acceptors (Lipinski definition) is 4. The number of amides is 3. The van der Waals surface area contributed by atoms with E-state index >= 15 is 0 Å². The van der Waals surface area contributed by atoms with E-state index in [4.69, 9.17) is 5.73 Å². The van der Waals surface area contributed by atoms with Crippen molar-refractivity contribution in [2.45, 2.75) is 37.8 Å². The predicted octanol–water partition coefficient (Wildman–Crippen LogP) is -0.602. The molecule has 2 aliphatic rings. The van der Waals surface area contributed by atoms with Crippen LogP contribution in [0.2, 0.25) is 0 Å². The summed E-state index contributed by atoms with van der Waals surface area (Å²) in [4.78, 5) is 24.1. The van der Waals surface area contributed by atoms with Crippen LogP contribution in [0.4, 0.5) is 4.79 Å². The highest BCUT2D eigenvalue weighted by Gasteiger charge is 2.29. The van der Waals surface area contributed by atoms with E-state index in [1.165, 1.54) is 12.8 Å². The van der Waals surface area contributed by atoms with Gasteiger partial charge in [0.1, 0.15) is 0 Å². The number of nitrogens with two attached hydrogens (primary N) is 1. The molecule has 2 fully saturated rings. The van der Waals surface area contributed by atoms with Crippen LogP contribution in [0, 0.1) is 0 Å². The van der Waals surface area contributed by atoms with Crippen molar-refractivity contribution in [3.05, 3.63) is 0 Å². The fraction of sp³-hybridized carbons (Fsp3) is 0.818. The van der Waals surface area contributed by atoms with E-state index in [1.54, 1.807) is 0 Å². The van der Waals surface area contributed by atoms with Gasteiger partial charge in [-0.25, -0.2) is 4.79 Å². The minimum absolute atomic E-state index is 0.292. The molecule has 17 heavy (non-hydrogen) atoms. The highest BCUT2D eigenvalue weighted by atomic mass is 16.2. The Morgan fingerprint density at radius 2 is 2.06 bits per heavy atom. The van der Waals surface area contributed by atoms with Gasteiger partial charge in [-0.3, -0.25) is 10.1 Å². The van der Waals surface area contributed by atoms with E-state index in [2.05, 4.69) is 15.5 Å². The summed E-state index contributed by atoms with van der Waals surface area (Å²) in [6, 6.07) is 0.456. The molecule has 2 saturated heterocycles. The lowest BCUT2D eigenvalue weighted by molar-refractivity contribution is -0.120. The van der Waals surface area contributed by atoms with E-state index in [0.29, 0.717) is 25.0 Å². The fourth-order valence-corrected chi connectivity index (χ4v) is 2.68. The number of hydrogen-bond donors (Lipinski definition) is 3. The van der Waals surface area contributed by atoms with Crippen LogP contribution in [0.1, 0.15) is 25.7 Å². The quantitative estimate of drug-likeness (QED) is 0.614. The second-order valence-corrected chi connectivity index (χ2v) is 4.89. The largest absolute Gasteiger partial charge is 0.351 e. The van der Waals surface area contributed by atoms with Crippen LogP contribution >= 0.6 is 0 Å². The van der Waals surface area contributed by atoms with E-state index < -0.39 is 6.03 Å². The number of fused-ring (bicyclic) bond motifs is 2. The molecule has 0 aliphatic carbocycles. The molecular weight excluding hydrogens is 220 g/mol. The molecule has 2 unspecified atom stereocenters. The Balaban J connectivity index is 1.72. The van der Waals surface area contributed by atoms with Gasteiger partial charge in [-0.15, -0.1) is 0 Å². The lowest BCUT2D eigenvalue weighted by Gasteiger charge is -2.23. The van der Waals surface area contributed by atoms with Crippen LogP contribution in [0.15, 0.2) is 0 Å². The summed E-state index contributed by atoms with van der Waals surface area (Å²) in [6.45, 7) is 2.72. The Bertz CT molecular complexity index is 308. The first kappa shape index (κ1) is 12.3. The minimum atomic E-state index is -0.772. The monoisotopic (exact) mass is 240 g/mol. The van der Waals surface area contributed by atoms with Gasteiger partial charge < -0.3 is 16.0 Å². The van der Waals surface area contributed by atoms with Crippen molar-refractivity contribution in [2.24, 2.45) is 5.73 Å². The average Bonchev–Trinajstić information content (AvgIpc) is 2.56. The van der Waals surface area contributed by atoms with Crippen molar-refractivity contribution < 1.29 is 9.59 Å². The van der Waals surface area contributed by atoms with Gasteiger partial charge in [0.05, 0.1) is 0 Å².